The van der Waals surface area contributed by atoms with Crippen LogP contribution in [0.4, 0.5) is 0 Å². The van der Waals surface area contributed by atoms with Crippen LogP contribution in [-0.2, 0) is 24.4 Å². The van der Waals surface area contributed by atoms with E-state index in [0.29, 0.717) is 19.7 Å². The molecule has 0 aliphatic heterocycles. The number of nitrogens with zero attached hydrogens (tertiary/aromatic N) is 2. The quantitative estimate of drug-likeness (QED) is 0.382. The summed E-state index contributed by atoms with van der Waals surface area (Å²) in [7, 11) is 1.76. The second-order valence-corrected chi connectivity index (χ2v) is 5.78. The molecule has 0 radical (unpaired) electrons. The summed E-state index contributed by atoms with van der Waals surface area (Å²) in [5.74, 6) is 0.754. The van der Waals surface area contributed by atoms with Crippen LogP contribution >= 0.6 is 24.0 Å². The first kappa shape index (κ1) is 21.4. The molecule has 2 N–H and O–H groups in total. The summed E-state index contributed by atoms with van der Waals surface area (Å²) in [5.41, 5.74) is 3.35. The molecule has 0 spiro atoms. The molecule has 1 aromatic carbocycles. The number of rotatable bonds is 7. The number of hydrogen-bond donors (Lipinski definition) is 2. The molecule has 0 amide bonds. The van der Waals surface area contributed by atoms with Gasteiger partial charge in [-0.05, 0) is 37.1 Å². The minimum atomic E-state index is 0. The maximum atomic E-state index is 5.65. The van der Waals surface area contributed by atoms with Crippen LogP contribution in [0.15, 0.2) is 53.7 Å². The van der Waals surface area contributed by atoms with Gasteiger partial charge < -0.3 is 15.4 Å². The van der Waals surface area contributed by atoms with E-state index >= 15 is 0 Å². The third kappa shape index (κ3) is 8.31. The Morgan fingerprint density at radius 1 is 1.08 bits per heavy atom. The lowest BCUT2D eigenvalue weighted by molar-refractivity contribution is 0.0657. The largest absolute Gasteiger partial charge is 0.374 e. The van der Waals surface area contributed by atoms with Crippen LogP contribution in [0, 0.1) is 0 Å². The van der Waals surface area contributed by atoms with Crippen LogP contribution in [0.3, 0.4) is 0 Å². The lowest BCUT2D eigenvalue weighted by Crippen LogP contribution is -2.36. The molecule has 25 heavy (non-hydrogen) atoms. The van der Waals surface area contributed by atoms with Gasteiger partial charge >= 0.3 is 0 Å². The SMILES string of the molecule is CN=C(NCc1cccc(COC(C)C)c1)NCc1ccccn1.I. The molecule has 0 aliphatic carbocycles. The summed E-state index contributed by atoms with van der Waals surface area (Å²) in [5, 5.41) is 6.58. The van der Waals surface area contributed by atoms with Crippen molar-refractivity contribution < 1.29 is 4.74 Å². The Bertz CT molecular complexity index is 647. The van der Waals surface area contributed by atoms with Gasteiger partial charge in [-0.2, -0.15) is 0 Å². The van der Waals surface area contributed by atoms with Crippen molar-refractivity contribution in [2.45, 2.75) is 39.6 Å². The number of nitrogens with one attached hydrogen (secondary N) is 2. The number of hydrogen-bond acceptors (Lipinski definition) is 3. The molecule has 1 aromatic heterocycles. The van der Waals surface area contributed by atoms with Gasteiger partial charge in [-0.1, -0.05) is 30.3 Å². The van der Waals surface area contributed by atoms with Gasteiger partial charge in [0.15, 0.2) is 5.96 Å². The Kier molecular flexibility index (Phi) is 10.1. The number of guanidine groups is 1. The van der Waals surface area contributed by atoms with Crippen molar-refractivity contribution >= 4 is 29.9 Å². The summed E-state index contributed by atoms with van der Waals surface area (Å²) in [4.78, 5) is 8.53. The van der Waals surface area contributed by atoms with Crippen molar-refractivity contribution in [2.24, 2.45) is 4.99 Å². The molecule has 2 rings (SSSR count). The van der Waals surface area contributed by atoms with Crippen molar-refractivity contribution in [1.82, 2.24) is 15.6 Å². The molecular formula is C19H27IN4O. The molecule has 136 valence electrons. The second kappa shape index (κ2) is 11.8. The standard InChI is InChI=1S/C19H26N4O.HI/c1-15(2)24-14-17-8-6-7-16(11-17)12-22-19(20-3)23-13-18-9-4-5-10-21-18;/h4-11,15H,12-14H2,1-3H3,(H2,20,22,23);1H. The van der Waals surface area contributed by atoms with E-state index in [1.165, 1.54) is 11.1 Å². The number of aliphatic imine (C=N–C) groups is 1. The van der Waals surface area contributed by atoms with Gasteiger partial charge in [0.05, 0.1) is 24.9 Å². The first-order chi connectivity index (χ1) is 11.7. The summed E-state index contributed by atoms with van der Waals surface area (Å²) in [6.07, 6.45) is 2.03. The Balaban J connectivity index is 0.00000312. The Hall–Kier alpha value is -1.67. The Labute approximate surface area is 167 Å². The molecule has 1 heterocycles. The van der Waals surface area contributed by atoms with Crippen LogP contribution in [0.25, 0.3) is 0 Å². The average Bonchev–Trinajstić information content (AvgIpc) is 2.61. The van der Waals surface area contributed by atoms with Gasteiger partial charge in [0, 0.05) is 19.8 Å². The molecule has 2 aromatic rings. The zero-order valence-electron chi connectivity index (χ0n) is 15.0. The van der Waals surface area contributed by atoms with E-state index in [1.807, 2.05) is 32.0 Å². The van der Waals surface area contributed by atoms with Crippen molar-refractivity contribution in [1.29, 1.82) is 0 Å². The predicted molar refractivity (Wildman–Crippen MR) is 113 cm³/mol. The fourth-order valence-electron chi connectivity index (χ4n) is 2.18. The lowest BCUT2D eigenvalue weighted by atomic mass is 10.1. The summed E-state index contributed by atoms with van der Waals surface area (Å²) in [6, 6.07) is 14.3. The Morgan fingerprint density at radius 3 is 2.52 bits per heavy atom. The lowest BCUT2D eigenvalue weighted by Gasteiger charge is -2.13. The highest BCUT2D eigenvalue weighted by atomic mass is 127. The molecule has 5 nitrogen and oxygen atoms in total. The van der Waals surface area contributed by atoms with Crippen LogP contribution in [0.2, 0.25) is 0 Å². The maximum absolute atomic E-state index is 5.65. The highest BCUT2D eigenvalue weighted by Gasteiger charge is 2.01. The fraction of sp³-hybridized carbons (Fsp3) is 0.368. The van der Waals surface area contributed by atoms with Crippen LogP contribution < -0.4 is 10.6 Å². The molecule has 0 saturated heterocycles. The molecule has 0 saturated carbocycles. The van der Waals surface area contributed by atoms with E-state index in [1.54, 1.807) is 13.2 Å². The van der Waals surface area contributed by atoms with Crippen molar-refractivity contribution in [3.63, 3.8) is 0 Å². The normalized spacial score (nSPS) is 11.1. The first-order valence-electron chi connectivity index (χ1n) is 8.21. The average molecular weight is 454 g/mol. The predicted octanol–water partition coefficient (Wildman–Crippen LogP) is 3.49. The van der Waals surface area contributed by atoms with Gasteiger partial charge in [-0.3, -0.25) is 9.98 Å². The number of benzene rings is 1. The Morgan fingerprint density at radius 2 is 1.84 bits per heavy atom. The van der Waals surface area contributed by atoms with E-state index in [2.05, 4.69) is 44.9 Å². The van der Waals surface area contributed by atoms with Gasteiger partial charge in [-0.15, -0.1) is 24.0 Å². The molecule has 0 aliphatic rings. The smallest absolute Gasteiger partial charge is 0.191 e. The van der Waals surface area contributed by atoms with E-state index in [-0.39, 0.29) is 30.1 Å². The molecule has 0 fully saturated rings. The van der Waals surface area contributed by atoms with Crippen molar-refractivity contribution in [3.05, 3.63) is 65.5 Å². The summed E-state index contributed by atoms with van der Waals surface area (Å²) in [6.45, 7) is 6.07. The topological polar surface area (TPSA) is 58.5 Å². The number of halogens is 1. The maximum Gasteiger partial charge on any atom is 0.191 e. The first-order valence-corrected chi connectivity index (χ1v) is 8.21. The number of pyridine rings is 1. The number of aromatic nitrogens is 1. The van der Waals surface area contributed by atoms with Crippen LogP contribution in [-0.4, -0.2) is 24.1 Å². The monoisotopic (exact) mass is 454 g/mol. The fourth-order valence-corrected chi connectivity index (χ4v) is 2.18. The molecule has 6 heteroatoms. The van der Waals surface area contributed by atoms with Gasteiger partial charge in [0.2, 0.25) is 0 Å². The third-order valence-corrected chi connectivity index (χ3v) is 3.42. The zero-order valence-corrected chi connectivity index (χ0v) is 17.4. The van der Waals surface area contributed by atoms with Crippen molar-refractivity contribution in [2.75, 3.05) is 7.05 Å². The molecule has 0 bridgehead atoms. The molecular weight excluding hydrogens is 427 g/mol. The molecule has 0 atom stereocenters. The highest BCUT2D eigenvalue weighted by Crippen LogP contribution is 2.08. The summed E-state index contributed by atoms with van der Waals surface area (Å²) >= 11 is 0. The zero-order chi connectivity index (χ0) is 17.2. The van der Waals surface area contributed by atoms with Gasteiger partial charge in [-0.25, -0.2) is 0 Å². The van der Waals surface area contributed by atoms with Gasteiger partial charge in [0.1, 0.15) is 0 Å². The van der Waals surface area contributed by atoms with E-state index < -0.39 is 0 Å². The third-order valence-electron chi connectivity index (χ3n) is 3.42. The van der Waals surface area contributed by atoms with Crippen LogP contribution in [0.5, 0.6) is 0 Å². The minimum Gasteiger partial charge on any atom is -0.374 e. The highest BCUT2D eigenvalue weighted by molar-refractivity contribution is 14.0. The number of ether oxygens (including phenoxy) is 1. The van der Waals surface area contributed by atoms with E-state index in [0.717, 1.165) is 11.7 Å². The van der Waals surface area contributed by atoms with Crippen molar-refractivity contribution in [3.8, 4) is 0 Å². The molecule has 0 unspecified atom stereocenters. The van der Waals surface area contributed by atoms with E-state index in [4.69, 9.17) is 4.74 Å². The van der Waals surface area contributed by atoms with Gasteiger partial charge in [0.25, 0.3) is 0 Å². The van der Waals surface area contributed by atoms with Crippen LogP contribution in [0.1, 0.15) is 30.7 Å². The second-order valence-electron chi connectivity index (χ2n) is 5.78. The minimum absolute atomic E-state index is 0. The summed E-state index contributed by atoms with van der Waals surface area (Å²) < 4.78 is 5.65. The van der Waals surface area contributed by atoms with E-state index in [9.17, 15) is 0 Å².